The van der Waals surface area contributed by atoms with E-state index in [0.29, 0.717) is 24.1 Å². The normalized spacial score (nSPS) is 16.7. The molecule has 0 aliphatic carbocycles. The second kappa shape index (κ2) is 10.6. The first kappa shape index (κ1) is 23.0. The van der Waals surface area contributed by atoms with Crippen LogP contribution < -0.4 is 16.4 Å². The van der Waals surface area contributed by atoms with Gasteiger partial charge in [-0.15, -0.1) is 0 Å². The first-order chi connectivity index (χ1) is 16.0. The van der Waals surface area contributed by atoms with Gasteiger partial charge < -0.3 is 10.2 Å². The Morgan fingerprint density at radius 3 is 2.36 bits per heavy atom. The monoisotopic (exact) mass is 448 g/mol. The molecule has 0 bridgehead atoms. The molecule has 3 aromatic rings. The van der Waals surface area contributed by atoms with E-state index in [1.165, 1.54) is 22.0 Å². The fraction of sp³-hybridized carbons (Fsp3) is 0.423. The Hall–Kier alpha value is -3.19. The Balaban J connectivity index is 1.46. The highest BCUT2D eigenvalue weighted by Gasteiger charge is 2.17. The van der Waals surface area contributed by atoms with Crippen molar-refractivity contribution < 1.29 is 4.79 Å². The molecule has 33 heavy (non-hydrogen) atoms. The van der Waals surface area contributed by atoms with E-state index >= 15 is 0 Å². The maximum Gasteiger partial charge on any atom is 0.317 e. The number of hydrogen-bond donors (Lipinski definition) is 1. The molecule has 1 aliphatic rings. The number of hydrogen-bond acceptors (Lipinski definition) is 4. The highest BCUT2D eigenvalue weighted by atomic mass is 16.2. The number of carbonyl (C=O) groups excluding carboxylic acids is 1. The van der Waals surface area contributed by atoms with Crippen molar-refractivity contribution in [1.29, 1.82) is 0 Å². The van der Waals surface area contributed by atoms with E-state index in [1.54, 1.807) is 6.07 Å². The minimum Gasteiger partial charge on any atom is -0.355 e. The number of likely N-dealkylation sites (tertiary alicyclic amines) is 1. The molecule has 0 radical (unpaired) electrons. The molecule has 7 nitrogen and oxygen atoms in total. The van der Waals surface area contributed by atoms with Gasteiger partial charge in [0.2, 0.25) is 5.91 Å². The van der Waals surface area contributed by atoms with Gasteiger partial charge >= 0.3 is 11.1 Å². The van der Waals surface area contributed by atoms with Crippen molar-refractivity contribution in [2.75, 3.05) is 26.2 Å². The van der Waals surface area contributed by atoms with E-state index < -0.39 is 11.1 Å². The van der Waals surface area contributed by atoms with Gasteiger partial charge in [-0.25, -0.2) is 0 Å². The Labute approximate surface area is 193 Å². The van der Waals surface area contributed by atoms with Gasteiger partial charge in [0.05, 0.1) is 17.6 Å². The third-order valence-electron chi connectivity index (χ3n) is 6.34. The van der Waals surface area contributed by atoms with Crippen LogP contribution >= 0.6 is 0 Å². The van der Waals surface area contributed by atoms with Crippen LogP contribution in [0.4, 0.5) is 0 Å². The average Bonchev–Trinajstić information content (AvgIpc) is 2.83. The third-order valence-corrected chi connectivity index (χ3v) is 6.34. The van der Waals surface area contributed by atoms with Crippen LogP contribution in [-0.2, 0) is 17.9 Å². The predicted octanol–water partition coefficient (Wildman–Crippen LogP) is 2.45. The highest BCUT2D eigenvalue weighted by molar-refractivity contribution is 5.80. The summed E-state index contributed by atoms with van der Waals surface area (Å²) in [5.41, 5.74) is 0.850. The Bertz CT molecular complexity index is 1220. The summed E-state index contributed by atoms with van der Waals surface area (Å²) < 4.78 is 2.78. The van der Waals surface area contributed by atoms with Crippen LogP contribution in [0, 0.1) is 5.92 Å². The van der Waals surface area contributed by atoms with Gasteiger partial charge in [0.1, 0.15) is 6.54 Å². The van der Waals surface area contributed by atoms with Crippen molar-refractivity contribution in [2.45, 2.75) is 39.3 Å². The number of nitrogens with zero attached hydrogens (tertiary/aromatic N) is 3. The molecule has 0 spiro atoms. The van der Waals surface area contributed by atoms with Crippen LogP contribution in [-0.4, -0.2) is 46.1 Å². The van der Waals surface area contributed by atoms with Crippen LogP contribution in [0.5, 0.6) is 0 Å². The van der Waals surface area contributed by atoms with E-state index in [9.17, 15) is 14.4 Å². The fourth-order valence-electron chi connectivity index (χ4n) is 4.67. The maximum atomic E-state index is 12.9. The smallest absolute Gasteiger partial charge is 0.317 e. The summed E-state index contributed by atoms with van der Waals surface area (Å²) in [6.45, 7) is 6.18. The molecule has 7 heteroatoms. The predicted molar refractivity (Wildman–Crippen MR) is 130 cm³/mol. The van der Waals surface area contributed by atoms with Crippen molar-refractivity contribution in [1.82, 2.24) is 19.4 Å². The Morgan fingerprint density at radius 1 is 0.970 bits per heavy atom. The average molecular weight is 449 g/mol. The van der Waals surface area contributed by atoms with Gasteiger partial charge in [-0.1, -0.05) is 49.4 Å². The summed E-state index contributed by atoms with van der Waals surface area (Å²) in [5, 5.41) is 2.91. The molecule has 2 aromatic carbocycles. The second-order valence-corrected chi connectivity index (χ2v) is 9.01. The van der Waals surface area contributed by atoms with Crippen molar-refractivity contribution >= 4 is 16.9 Å². The lowest BCUT2D eigenvalue weighted by molar-refractivity contribution is -0.121. The molecule has 1 amide bonds. The van der Waals surface area contributed by atoms with E-state index in [1.807, 2.05) is 48.5 Å². The third kappa shape index (κ3) is 5.60. The number of benzene rings is 2. The number of rotatable bonds is 8. The van der Waals surface area contributed by atoms with Crippen molar-refractivity contribution in [2.24, 2.45) is 5.92 Å². The number of fused-ring (bicyclic) bond motifs is 1. The standard InChI is InChI=1S/C26H32N4O3/c1-20-9-7-15-28(17-20)16-8-14-27-24(31)19-30-23-13-6-5-12-22(23)29(25(32)26(30)33)18-21-10-3-2-4-11-21/h2-6,10-13,20H,7-9,14-19H2,1H3,(H,27,31). The minimum absolute atomic E-state index is 0.165. The van der Waals surface area contributed by atoms with Crippen molar-refractivity contribution in [3.8, 4) is 0 Å². The molecule has 1 aliphatic heterocycles. The van der Waals surface area contributed by atoms with Gasteiger partial charge in [-0.2, -0.15) is 0 Å². The zero-order valence-corrected chi connectivity index (χ0v) is 19.2. The molecule has 1 atom stereocenters. The van der Waals surface area contributed by atoms with Gasteiger partial charge in [0, 0.05) is 13.1 Å². The molecule has 1 saturated heterocycles. The van der Waals surface area contributed by atoms with Gasteiger partial charge in [-0.3, -0.25) is 23.5 Å². The zero-order chi connectivity index (χ0) is 23.2. The number of carbonyl (C=O) groups is 1. The van der Waals surface area contributed by atoms with Gasteiger partial charge in [-0.05, 0) is 56.0 Å². The van der Waals surface area contributed by atoms with Crippen LogP contribution in [0.2, 0.25) is 0 Å². The van der Waals surface area contributed by atoms with E-state index in [-0.39, 0.29) is 12.5 Å². The topological polar surface area (TPSA) is 76.3 Å². The summed E-state index contributed by atoms with van der Waals surface area (Å²) in [4.78, 5) is 40.9. The van der Waals surface area contributed by atoms with Crippen molar-refractivity contribution in [3.63, 3.8) is 0 Å². The Kier molecular flexibility index (Phi) is 7.40. The van der Waals surface area contributed by atoms with Crippen LogP contribution in [0.25, 0.3) is 11.0 Å². The number of piperidine rings is 1. The largest absolute Gasteiger partial charge is 0.355 e. The minimum atomic E-state index is -0.679. The second-order valence-electron chi connectivity index (χ2n) is 9.01. The maximum absolute atomic E-state index is 12.9. The summed E-state index contributed by atoms with van der Waals surface area (Å²) in [7, 11) is 0. The summed E-state index contributed by atoms with van der Waals surface area (Å²) in [6, 6.07) is 16.8. The number of nitrogens with one attached hydrogen (secondary N) is 1. The lowest BCUT2D eigenvalue weighted by Gasteiger charge is -2.30. The van der Waals surface area contributed by atoms with Crippen molar-refractivity contribution in [3.05, 3.63) is 80.9 Å². The van der Waals surface area contributed by atoms with Crippen LogP contribution in [0.1, 0.15) is 31.7 Å². The zero-order valence-electron chi connectivity index (χ0n) is 19.2. The van der Waals surface area contributed by atoms with E-state index in [2.05, 4.69) is 17.1 Å². The van der Waals surface area contributed by atoms with Gasteiger partial charge in [0.25, 0.3) is 0 Å². The summed E-state index contributed by atoms with van der Waals surface area (Å²) in [5.74, 6) is 0.479. The molecule has 1 N–H and O–H groups in total. The summed E-state index contributed by atoms with van der Waals surface area (Å²) in [6.07, 6.45) is 3.40. The molecule has 174 valence electrons. The molecule has 4 rings (SSSR count). The SMILES string of the molecule is CC1CCCN(CCCNC(=O)Cn2c(=O)c(=O)n(Cc3ccccc3)c3ccccc32)C1. The van der Waals surface area contributed by atoms with Crippen LogP contribution in [0.15, 0.2) is 64.2 Å². The molecule has 2 heterocycles. The van der Waals surface area contributed by atoms with E-state index in [4.69, 9.17) is 0 Å². The first-order valence-electron chi connectivity index (χ1n) is 11.8. The molecule has 1 unspecified atom stereocenters. The fourth-order valence-corrected chi connectivity index (χ4v) is 4.67. The molecule has 1 aromatic heterocycles. The molecule has 1 fully saturated rings. The van der Waals surface area contributed by atoms with Gasteiger partial charge in [0.15, 0.2) is 0 Å². The lowest BCUT2D eigenvalue weighted by atomic mass is 10.0. The quantitative estimate of drug-likeness (QED) is 0.424. The molecular formula is C26H32N4O3. The number of aromatic nitrogens is 2. The van der Waals surface area contributed by atoms with Crippen LogP contribution in [0.3, 0.4) is 0 Å². The number of amides is 1. The van der Waals surface area contributed by atoms with E-state index in [0.717, 1.165) is 37.5 Å². The first-order valence-corrected chi connectivity index (χ1v) is 11.8. The Morgan fingerprint density at radius 2 is 1.64 bits per heavy atom. The molecular weight excluding hydrogens is 416 g/mol. The lowest BCUT2D eigenvalue weighted by Crippen LogP contribution is -2.44. The highest BCUT2D eigenvalue weighted by Crippen LogP contribution is 2.15. The number of para-hydroxylation sites is 2. The molecule has 0 saturated carbocycles. The summed E-state index contributed by atoms with van der Waals surface area (Å²) >= 11 is 0.